The number of nitrogens with zero attached hydrogens (tertiary/aromatic N) is 2. The molecule has 0 bridgehead atoms. The first kappa shape index (κ1) is 16.7. The van der Waals surface area contributed by atoms with Crippen molar-refractivity contribution in [2.75, 3.05) is 26.2 Å². The number of amides is 1. The normalized spacial score (nSPS) is 21.6. The van der Waals surface area contributed by atoms with Crippen LogP contribution in [0.5, 0.6) is 0 Å². The van der Waals surface area contributed by atoms with Gasteiger partial charge >= 0.3 is 6.09 Å². The average molecular weight is 385 g/mol. The zero-order chi connectivity index (χ0) is 16.8. The number of piperazine rings is 1. The molecule has 2 aliphatic rings. The highest BCUT2D eigenvalue weighted by molar-refractivity contribution is 9.10. The molecule has 4 nitrogen and oxygen atoms in total. The van der Waals surface area contributed by atoms with Gasteiger partial charge in [0.25, 0.3) is 0 Å². The number of ether oxygens (including phenoxy) is 1. The Bertz CT molecular complexity index is 630. The van der Waals surface area contributed by atoms with E-state index in [4.69, 9.17) is 4.74 Å². The summed E-state index contributed by atoms with van der Waals surface area (Å²) >= 11 is 3.26. The molecule has 2 heterocycles. The molecule has 0 unspecified atom stereocenters. The van der Waals surface area contributed by atoms with E-state index in [0.29, 0.717) is 24.0 Å². The predicted octanol–water partition coefficient (Wildman–Crippen LogP) is 3.74. The van der Waals surface area contributed by atoms with E-state index in [9.17, 15) is 9.18 Å². The summed E-state index contributed by atoms with van der Waals surface area (Å²) in [5.41, 5.74) is 1.26. The Balaban J connectivity index is 1.82. The molecule has 6 heteroatoms. The van der Waals surface area contributed by atoms with E-state index in [1.54, 1.807) is 11.0 Å². The summed E-state index contributed by atoms with van der Waals surface area (Å²) in [4.78, 5) is 16.4. The van der Waals surface area contributed by atoms with Crippen LogP contribution >= 0.6 is 15.9 Å². The maximum Gasteiger partial charge on any atom is 0.410 e. The van der Waals surface area contributed by atoms with Crippen molar-refractivity contribution in [2.24, 2.45) is 0 Å². The lowest BCUT2D eigenvalue weighted by atomic mass is 9.90. The van der Waals surface area contributed by atoms with E-state index in [1.807, 2.05) is 26.8 Å². The summed E-state index contributed by atoms with van der Waals surface area (Å²) in [6.07, 6.45) is 0.422. The summed E-state index contributed by atoms with van der Waals surface area (Å²) in [5.74, 6) is -0.170. The zero-order valence-electron chi connectivity index (χ0n) is 13.7. The SMILES string of the molecule is CC(C)(C)OC(=O)N1CCN2CCc3c(ccc(Br)c3F)[C@@H]2C1. The van der Waals surface area contributed by atoms with Gasteiger partial charge in [-0.2, -0.15) is 0 Å². The topological polar surface area (TPSA) is 32.8 Å². The second-order valence-electron chi connectivity index (χ2n) is 7.16. The van der Waals surface area contributed by atoms with Crippen molar-refractivity contribution in [1.82, 2.24) is 9.80 Å². The fraction of sp³-hybridized carbons (Fsp3) is 0.588. The quantitative estimate of drug-likeness (QED) is 0.682. The van der Waals surface area contributed by atoms with Gasteiger partial charge in [0.1, 0.15) is 11.4 Å². The van der Waals surface area contributed by atoms with Gasteiger partial charge in [-0.05, 0) is 60.3 Å². The third kappa shape index (κ3) is 3.38. The molecule has 0 aromatic heterocycles. The van der Waals surface area contributed by atoms with Crippen LogP contribution in [0.2, 0.25) is 0 Å². The zero-order valence-corrected chi connectivity index (χ0v) is 15.3. The van der Waals surface area contributed by atoms with E-state index in [1.165, 1.54) is 0 Å². The first-order chi connectivity index (χ1) is 10.8. The van der Waals surface area contributed by atoms with E-state index in [0.717, 1.165) is 24.2 Å². The Morgan fingerprint density at radius 3 is 2.74 bits per heavy atom. The number of benzene rings is 1. The van der Waals surface area contributed by atoms with Gasteiger partial charge in [0.15, 0.2) is 0 Å². The van der Waals surface area contributed by atoms with E-state index in [2.05, 4.69) is 20.8 Å². The van der Waals surface area contributed by atoms with E-state index in [-0.39, 0.29) is 18.0 Å². The van der Waals surface area contributed by atoms with Crippen LogP contribution in [0.1, 0.15) is 37.9 Å². The highest BCUT2D eigenvalue weighted by atomic mass is 79.9. The Kier molecular flexibility index (Phi) is 4.40. The number of rotatable bonds is 0. The highest BCUT2D eigenvalue weighted by Crippen LogP contribution is 2.36. The molecule has 1 saturated heterocycles. The Labute approximate surface area is 144 Å². The van der Waals surface area contributed by atoms with Crippen LogP contribution in [0.15, 0.2) is 16.6 Å². The summed E-state index contributed by atoms with van der Waals surface area (Å²) in [5, 5.41) is 0. The minimum absolute atomic E-state index is 0.0441. The van der Waals surface area contributed by atoms with Gasteiger partial charge in [-0.3, -0.25) is 4.90 Å². The number of hydrogen-bond acceptors (Lipinski definition) is 3. The molecular weight excluding hydrogens is 363 g/mol. The molecule has 0 radical (unpaired) electrons. The van der Waals surface area contributed by atoms with Gasteiger partial charge in [-0.25, -0.2) is 9.18 Å². The van der Waals surface area contributed by atoms with Gasteiger partial charge in [0.05, 0.1) is 10.5 Å². The smallest absolute Gasteiger partial charge is 0.410 e. The van der Waals surface area contributed by atoms with Crippen LogP contribution in [0.4, 0.5) is 9.18 Å². The molecular formula is C17H22BrFN2O2. The van der Waals surface area contributed by atoms with Crippen molar-refractivity contribution in [3.8, 4) is 0 Å². The van der Waals surface area contributed by atoms with Gasteiger partial charge < -0.3 is 9.64 Å². The van der Waals surface area contributed by atoms with Crippen molar-refractivity contribution >= 4 is 22.0 Å². The van der Waals surface area contributed by atoms with E-state index < -0.39 is 5.60 Å². The molecule has 1 atom stereocenters. The van der Waals surface area contributed by atoms with Gasteiger partial charge in [0, 0.05) is 26.2 Å². The van der Waals surface area contributed by atoms with Crippen LogP contribution in [0.3, 0.4) is 0 Å². The molecule has 0 aliphatic carbocycles. The number of halogens is 2. The fourth-order valence-electron chi connectivity index (χ4n) is 3.30. The molecule has 2 aliphatic heterocycles. The van der Waals surface area contributed by atoms with Crippen molar-refractivity contribution in [3.05, 3.63) is 33.5 Å². The Hall–Kier alpha value is -1.14. The van der Waals surface area contributed by atoms with Crippen molar-refractivity contribution in [1.29, 1.82) is 0 Å². The second-order valence-corrected chi connectivity index (χ2v) is 8.01. The molecule has 1 amide bonds. The maximum absolute atomic E-state index is 14.3. The fourth-order valence-corrected chi connectivity index (χ4v) is 3.68. The molecule has 0 spiro atoms. The number of carbonyl (C=O) groups is 1. The minimum Gasteiger partial charge on any atom is -0.444 e. The van der Waals surface area contributed by atoms with Gasteiger partial charge in [-0.15, -0.1) is 0 Å². The van der Waals surface area contributed by atoms with Crippen molar-refractivity contribution in [3.63, 3.8) is 0 Å². The lowest BCUT2D eigenvalue weighted by molar-refractivity contribution is 0.00181. The monoisotopic (exact) mass is 384 g/mol. The molecule has 0 saturated carbocycles. The first-order valence-electron chi connectivity index (χ1n) is 7.95. The lowest BCUT2D eigenvalue weighted by Gasteiger charge is -2.45. The van der Waals surface area contributed by atoms with Crippen LogP contribution in [-0.4, -0.2) is 47.7 Å². The Morgan fingerprint density at radius 1 is 1.30 bits per heavy atom. The molecule has 3 rings (SSSR count). The van der Waals surface area contributed by atoms with Crippen molar-refractivity contribution < 1.29 is 13.9 Å². The molecule has 1 aromatic rings. The summed E-state index contributed by atoms with van der Waals surface area (Å²) in [6.45, 7) is 8.41. The highest BCUT2D eigenvalue weighted by Gasteiger charge is 2.36. The number of fused-ring (bicyclic) bond motifs is 3. The van der Waals surface area contributed by atoms with E-state index >= 15 is 0 Å². The number of carbonyl (C=O) groups excluding carboxylic acids is 1. The van der Waals surface area contributed by atoms with Crippen LogP contribution in [0.25, 0.3) is 0 Å². The third-order valence-electron chi connectivity index (χ3n) is 4.38. The third-order valence-corrected chi connectivity index (χ3v) is 5.00. The predicted molar refractivity (Wildman–Crippen MR) is 89.9 cm³/mol. The standard InChI is InChI=1S/C17H22BrFN2O2/c1-17(2,3)23-16(22)21-9-8-20-7-6-12-11(14(20)10-21)4-5-13(18)15(12)19/h4-5,14H,6-10H2,1-3H3/t14-/m0/s1. The van der Waals surface area contributed by atoms with Gasteiger partial charge in [-0.1, -0.05) is 6.07 Å². The van der Waals surface area contributed by atoms with Crippen LogP contribution in [0, 0.1) is 5.82 Å². The summed E-state index contributed by atoms with van der Waals surface area (Å²) < 4.78 is 20.3. The lowest BCUT2D eigenvalue weighted by Crippen LogP contribution is -2.53. The second kappa shape index (κ2) is 6.06. The summed E-state index contributed by atoms with van der Waals surface area (Å²) in [6, 6.07) is 3.77. The Morgan fingerprint density at radius 2 is 2.04 bits per heavy atom. The maximum atomic E-state index is 14.3. The minimum atomic E-state index is -0.504. The molecule has 126 valence electrons. The number of hydrogen-bond donors (Lipinski definition) is 0. The average Bonchev–Trinajstić information content (AvgIpc) is 2.48. The van der Waals surface area contributed by atoms with Gasteiger partial charge in [0.2, 0.25) is 0 Å². The summed E-state index contributed by atoms with van der Waals surface area (Å²) in [7, 11) is 0. The first-order valence-corrected chi connectivity index (χ1v) is 8.74. The van der Waals surface area contributed by atoms with Crippen LogP contribution < -0.4 is 0 Å². The molecule has 1 fully saturated rings. The van der Waals surface area contributed by atoms with Crippen molar-refractivity contribution in [2.45, 2.75) is 38.8 Å². The molecule has 0 N–H and O–H groups in total. The molecule has 23 heavy (non-hydrogen) atoms. The van der Waals surface area contributed by atoms with Crippen LogP contribution in [-0.2, 0) is 11.2 Å². The largest absolute Gasteiger partial charge is 0.444 e. The molecule has 1 aromatic carbocycles.